The van der Waals surface area contributed by atoms with Gasteiger partial charge in [0, 0.05) is 11.7 Å². The molecule has 0 atom stereocenters. The molecule has 2 aromatic rings. The second-order valence-electron chi connectivity index (χ2n) is 4.41. The van der Waals surface area contributed by atoms with Crippen LogP contribution in [0.15, 0.2) is 27.1 Å². The molecule has 100 valence electrons. The van der Waals surface area contributed by atoms with Crippen molar-refractivity contribution in [3.63, 3.8) is 0 Å². The van der Waals surface area contributed by atoms with Gasteiger partial charge in [-0.25, -0.2) is 4.39 Å². The molecule has 0 unspecified atom stereocenters. The zero-order valence-corrected chi connectivity index (χ0v) is 11.6. The van der Waals surface area contributed by atoms with Gasteiger partial charge in [0.05, 0.1) is 11.0 Å². The van der Waals surface area contributed by atoms with Crippen molar-refractivity contribution in [1.29, 1.82) is 0 Å². The molecule has 1 aliphatic carbocycles. The summed E-state index contributed by atoms with van der Waals surface area (Å²) in [5.74, 6) is 0.173. The first kappa shape index (κ1) is 12.6. The van der Waals surface area contributed by atoms with Crippen molar-refractivity contribution in [2.24, 2.45) is 0 Å². The highest BCUT2D eigenvalue weighted by Gasteiger charge is 2.21. The first-order valence-corrected chi connectivity index (χ1v) is 6.78. The molecule has 1 aromatic carbocycles. The Morgan fingerprint density at radius 1 is 1.37 bits per heavy atom. The fourth-order valence-electron chi connectivity index (χ4n) is 1.59. The van der Waals surface area contributed by atoms with Crippen molar-refractivity contribution in [2.75, 3.05) is 5.32 Å². The maximum absolute atomic E-state index is 13.3. The first-order chi connectivity index (χ1) is 9.20. The van der Waals surface area contributed by atoms with E-state index in [4.69, 9.17) is 4.42 Å². The van der Waals surface area contributed by atoms with Crippen LogP contribution in [-0.4, -0.2) is 16.2 Å². The van der Waals surface area contributed by atoms with E-state index in [2.05, 4.69) is 36.8 Å². The number of hydrogen-bond acceptors (Lipinski definition) is 5. The summed E-state index contributed by atoms with van der Waals surface area (Å²) < 4.78 is 19.2. The molecule has 0 saturated heterocycles. The normalized spacial score (nSPS) is 14.6. The van der Waals surface area contributed by atoms with Gasteiger partial charge in [0.2, 0.25) is 5.89 Å². The van der Waals surface area contributed by atoms with Crippen molar-refractivity contribution in [2.45, 2.75) is 25.4 Å². The summed E-state index contributed by atoms with van der Waals surface area (Å²) in [6.45, 7) is 0.564. The molecule has 1 saturated carbocycles. The number of halogens is 2. The third kappa shape index (κ3) is 3.30. The van der Waals surface area contributed by atoms with Crippen LogP contribution in [0.25, 0.3) is 0 Å². The van der Waals surface area contributed by atoms with Crippen molar-refractivity contribution in [3.8, 4) is 0 Å². The van der Waals surface area contributed by atoms with Gasteiger partial charge in [-0.05, 0) is 47.0 Å². The Morgan fingerprint density at radius 2 is 2.21 bits per heavy atom. The van der Waals surface area contributed by atoms with E-state index in [1.165, 1.54) is 18.9 Å². The molecule has 0 spiro atoms. The average Bonchev–Trinajstić information content (AvgIpc) is 3.12. The zero-order chi connectivity index (χ0) is 13.2. The number of aromatic nitrogens is 2. The number of nitrogens with one attached hydrogen (secondary N) is 2. The number of anilines is 2. The van der Waals surface area contributed by atoms with Gasteiger partial charge in [-0.3, -0.25) is 0 Å². The molecule has 5 nitrogen and oxygen atoms in total. The predicted octanol–water partition coefficient (Wildman–Crippen LogP) is 2.97. The van der Waals surface area contributed by atoms with Crippen LogP contribution in [0.1, 0.15) is 18.7 Å². The molecule has 7 heteroatoms. The highest BCUT2D eigenvalue weighted by atomic mass is 79.9. The number of benzene rings is 1. The Bertz CT molecular complexity index is 585. The van der Waals surface area contributed by atoms with Crippen LogP contribution in [0.5, 0.6) is 0 Å². The van der Waals surface area contributed by atoms with Crippen LogP contribution in [0, 0.1) is 5.82 Å². The van der Waals surface area contributed by atoms with E-state index in [1.54, 1.807) is 12.1 Å². The largest absolute Gasteiger partial charge is 0.406 e. The van der Waals surface area contributed by atoms with Crippen LogP contribution >= 0.6 is 15.9 Å². The highest BCUT2D eigenvalue weighted by molar-refractivity contribution is 9.10. The van der Waals surface area contributed by atoms with E-state index in [1.807, 2.05) is 0 Å². The lowest BCUT2D eigenvalue weighted by atomic mass is 10.3. The summed E-state index contributed by atoms with van der Waals surface area (Å²) in [5.41, 5.74) is 0.561. The van der Waals surface area contributed by atoms with E-state index in [-0.39, 0.29) is 11.8 Å². The van der Waals surface area contributed by atoms with Crippen molar-refractivity contribution in [1.82, 2.24) is 15.5 Å². The first-order valence-electron chi connectivity index (χ1n) is 5.98. The predicted molar refractivity (Wildman–Crippen MR) is 71.5 cm³/mol. The summed E-state index contributed by atoms with van der Waals surface area (Å²) in [6.07, 6.45) is 2.41. The van der Waals surface area contributed by atoms with Gasteiger partial charge in [-0.15, -0.1) is 5.10 Å². The maximum atomic E-state index is 13.3. The van der Waals surface area contributed by atoms with Crippen LogP contribution in [0.2, 0.25) is 0 Å². The summed E-state index contributed by atoms with van der Waals surface area (Å²) in [5, 5.41) is 13.9. The van der Waals surface area contributed by atoms with Gasteiger partial charge in [-0.1, -0.05) is 5.10 Å². The minimum atomic E-state index is -0.347. The third-order valence-corrected chi connectivity index (χ3v) is 3.40. The molecule has 0 amide bonds. The van der Waals surface area contributed by atoms with Gasteiger partial charge in [-0.2, -0.15) is 0 Å². The van der Waals surface area contributed by atoms with Gasteiger partial charge in [0.15, 0.2) is 0 Å². The maximum Gasteiger partial charge on any atom is 0.320 e. The van der Waals surface area contributed by atoms with Crippen LogP contribution in [-0.2, 0) is 6.54 Å². The Hall–Kier alpha value is -1.47. The minimum Gasteiger partial charge on any atom is -0.406 e. The molecular weight excluding hydrogens is 315 g/mol. The smallest absolute Gasteiger partial charge is 0.320 e. The quantitative estimate of drug-likeness (QED) is 0.884. The lowest BCUT2D eigenvalue weighted by Crippen LogP contribution is -2.15. The third-order valence-electron chi connectivity index (χ3n) is 2.76. The molecule has 3 rings (SSSR count). The lowest BCUT2D eigenvalue weighted by Gasteiger charge is -2.02. The molecule has 1 fully saturated rings. The number of rotatable bonds is 5. The van der Waals surface area contributed by atoms with Crippen LogP contribution in [0.3, 0.4) is 0 Å². The van der Waals surface area contributed by atoms with Gasteiger partial charge < -0.3 is 15.1 Å². The van der Waals surface area contributed by atoms with Crippen LogP contribution in [0.4, 0.5) is 16.1 Å². The fourth-order valence-corrected chi connectivity index (χ4v) is 1.84. The van der Waals surface area contributed by atoms with Crippen molar-refractivity contribution < 1.29 is 8.81 Å². The molecule has 1 aliphatic rings. The van der Waals surface area contributed by atoms with Gasteiger partial charge >= 0.3 is 6.01 Å². The zero-order valence-electron chi connectivity index (χ0n) is 9.99. The summed E-state index contributed by atoms with van der Waals surface area (Å²) in [7, 11) is 0. The molecule has 0 aliphatic heterocycles. The Labute approximate surface area is 117 Å². The topological polar surface area (TPSA) is 63.0 Å². The van der Waals surface area contributed by atoms with Gasteiger partial charge in [0.25, 0.3) is 0 Å². The molecule has 0 radical (unpaired) electrons. The molecule has 0 bridgehead atoms. The van der Waals surface area contributed by atoms with Crippen molar-refractivity contribution in [3.05, 3.63) is 34.4 Å². The van der Waals surface area contributed by atoms with Crippen molar-refractivity contribution >= 4 is 27.6 Å². The standard InChI is InChI=1S/C12H12BrFN4O/c13-9-4-3-8(5-10(9)14)16-12-18-17-11(19-12)6-15-7-1-2-7/h3-5,7,15H,1-2,6H2,(H,16,18). The summed E-state index contributed by atoms with van der Waals surface area (Å²) in [4.78, 5) is 0. The Morgan fingerprint density at radius 3 is 2.95 bits per heavy atom. The second-order valence-corrected chi connectivity index (χ2v) is 5.26. The summed E-state index contributed by atoms with van der Waals surface area (Å²) in [6, 6.07) is 5.54. The summed E-state index contributed by atoms with van der Waals surface area (Å²) >= 11 is 3.10. The lowest BCUT2D eigenvalue weighted by molar-refractivity contribution is 0.478. The molecule has 2 N–H and O–H groups in total. The highest BCUT2D eigenvalue weighted by Crippen LogP contribution is 2.22. The average molecular weight is 327 g/mol. The second kappa shape index (κ2) is 5.26. The minimum absolute atomic E-state index is 0.259. The van der Waals surface area contributed by atoms with Crippen LogP contribution < -0.4 is 10.6 Å². The van der Waals surface area contributed by atoms with E-state index < -0.39 is 0 Å². The Kier molecular flexibility index (Phi) is 3.48. The van der Waals surface area contributed by atoms with E-state index in [0.29, 0.717) is 28.6 Å². The van der Waals surface area contributed by atoms with Gasteiger partial charge in [0.1, 0.15) is 5.82 Å². The number of hydrogen-bond donors (Lipinski definition) is 2. The Balaban J connectivity index is 1.63. The van der Waals surface area contributed by atoms with E-state index in [0.717, 1.165) is 0 Å². The molecule has 1 heterocycles. The SMILES string of the molecule is Fc1cc(Nc2nnc(CNC3CC3)o2)ccc1Br. The molecular formula is C12H12BrFN4O. The fraction of sp³-hybridized carbons (Fsp3) is 0.333. The molecule has 19 heavy (non-hydrogen) atoms. The monoisotopic (exact) mass is 326 g/mol. The number of nitrogens with zero attached hydrogens (tertiary/aromatic N) is 2. The van der Waals surface area contributed by atoms with E-state index >= 15 is 0 Å². The van der Waals surface area contributed by atoms with E-state index in [9.17, 15) is 4.39 Å². The molecule has 1 aromatic heterocycles.